The van der Waals surface area contributed by atoms with E-state index in [0.29, 0.717) is 10.8 Å². The summed E-state index contributed by atoms with van der Waals surface area (Å²) in [5, 5.41) is 10.8. The Morgan fingerprint density at radius 1 is 1.28 bits per heavy atom. The molecule has 1 heterocycles. The van der Waals surface area contributed by atoms with E-state index in [-0.39, 0.29) is 5.75 Å². The van der Waals surface area contributed by atoms with E-state index < -0.39 is 16.4 Å². The molecule has 7 heteroatoms. The second-order valence-electron chi connectivity index (χ2n) is 3.31. The largest absolute Gasteiger partial charge is 0.456 e. The molecule has 0 atom stereocenters. The predicted molar refractivity (Wildman–Crippen MR) is 62.4 cm³/mol. The van der Waals surface area contributed by atoms with Crippen LogP contribution in [-0.2, 0) is 0 Å². The molecule has 2 aromatic rings. The van der Waals surface area contributed by atoms with Crippen LogP contribution in [0.2, 0.25) is 5.02 Å². The molecule has 0 spiro atoms. The summed E-state index contributed by atoms with van der Waals surface area (Å²) >= 11 is 5.70. The molecule has 0 fully saturated rings. The standard InChI is InChI=1S/C11H6ClFN2O3/c12-7-3-9(6-14-5-7)18-8-1-2-11(15(16)17)10(13)4-8/h1-6H. The number of nitro groups is 1. The van der Waals surface area contributed by atoms with Crippen LogP contribution in [0.25, 0.3) is 0 Å². The molecule has 1 aromatic heterocycles. The Morgan fingerprint density at radius 2 is 2.06 bits per heavy atom. The summed E-state index contributed by atoms with van der Waals surface area (Å²) in [5.74, 6) is -0.523. The van der Waals surface area contributed by atoms with Crippen molar-refractivity contribution in [3.05, 3.63) is 57.6 Å². The summed E-state index contributed by atoms with van der Waals surface area (Å²) in [5.41, 5.74) is -0.605. The van der Waals surface area contributed by atoms with Crippen molar-refractivity contribution in [3.8, 4) is 11.5 Å². The van der Waals surface area contributed by atoms with Crippen molar-refractivity contribution in [1.29, 1.82) is 0 Å². The van der Waals surface area contributed by atoms with Crippen molar-refractivity contribution in [2.24, 2.45) is 0 Å². The number of hydrogen-bond acceptors (Lipinski definition) is 4. The van der Waals surface area contributed by atoms with E-state index in [4.69, 9.17) is 16.3 Å². The number of nitrogens with zero attached hydrogens (tertiary/aromatic N) is 2. The molecule has 0 unspecified atom stereocenters. The number of halogens is 2. The third kappa shape index (κ3) is 2.72. The third-order valence-corrected chi connectivity index (χ3v) is 2.24. The van der Waals surface area contributed by atoms with Gasteiger partial charge in [-0.25, -0.2) is 0 Å². The second kappa shape index (κ2) is 4.97. The fraction of sp³-hybridized carbons (Fsp3) is 0. The van der Waals surface area contributed by atoms with Crippen LogP contribution in [0.5, 0.6) is 11.5 Å². The van der Waals surface area contributed by atoms with Gasteiger partial charge in [0.15, 0.2) is 0 Å². The molecule has 0 amide bonds. The summed E-state index contributed by atoms with van der Waals surface area (Å²) in [6.07, 6.45) is 2.82. The SMILES string of the molecule is O=[N+]([O-])c1ccc(Oc2cncc(Cl)c2)cc1F. The number of benzene rings is 1. The normalized spacial score (nSPS) is 10.1. The number of hydrogen-bond donors (Lipinski definition) is 0. The first-order valence-corrected chi connectivity index (χ1v) is 5.16. The zero-order valence-electron chi connectivity index (χ0n) is 8.84. The van der Waals surface area contributed by atoms with Crippen LogP contribution in [0.15, 0.2) is 36.7 Å². The number of aromatic nitrogens is 1. The van der Waals surface area contributed by atoms with Crippen LogP contribution in [0, 0.1) is 15.9 Å². The Bertz CT molecular complexity index is 607. The van der Waals surface area contributed by atoms with Gasteiger partial charge in [0, 0.05) is 24.4 Å². The molecule has 92 valence electrons. The van der Waals surface area contributed by atoms with E-state index in [1.165, 1.54) is 24.5 Å². The average molecular weight is 269 g/mol. The molecule has 0 aliphatic heterocycles. The summed E-state index contributed by atoms with van der Waals surface area (Å²) in [6, 6.07) is 4.75. The molecule has 0 aliphatic rings. The van der Waals surface area contributed by atoms with Gasteiger partial charge in [0.05, 0.1) is 16.1 Å². The maximum atomic E-state index is 13.3. The fourth-order valence-electron chi connectivity index (χ4n) is 1.28. The van der Waals surface area contributed by atoms with Crippen molar-refractivity contribution in [3.63, 3.8) is 0 Å². The fourth-order valence-corrected chi connectivity index (χ4v) is 1.45. The van der Waals surface area contributed by atoms with Crippen molar-refractivity contribution in [2.75, 3.05) is 0 Å². The summed E-state index contributed by atoms with van der Waals surface area (Å²) in [7, 11) is 0. The number of pyridine rings is 1. The molecule has 0 aliphatic carbocycles. The smallest absolute Gasteiger partial charge is 0.305 e. The third-order valence-electron chi connectivity index (χ3n) is 2.03. The first kappa shape index (κ1) is 12.3. The van der Waals surface area contributed by atoms with E-state index in [1.807, 2.05) is 0 Å². The lowest BCUT2D eigenvalue weighted by molar-refractivity contribution is -0.387. The Labute approximate surface area is 106 Å². The molecule has 0 bridgehead atoms. The van der Waals surface area contributed by atoms with Gasteiger partial charge in [-0.15, -0.1) is 0 Å². The van der Waals surface area contributed by atoms with E-state index in [9.17, 15) is 14.5 Å². The van der Waals surface area contributed by atoms with Gasteiger partial charge >= 0.3 is 5.69 Å². The van der Waals surface area contributed by atoms with Crippen LogP contribution in [0.3, 0.4) is 0 Å². The number of rotatable bonds is 3. The highest BCUT2D eigenvalue weighted by molar-refractivity contribution is 6.30. The molecule has 0 saturated carbocycles. The van der Waals surface area contributed by atoms with Gasteiger partial charge in [0.25, 0.3) is 0 Å². The van der Waals surface area contributed by atoms with Crippen LogP contribution < -0.4 is 4.74 Å². The first-order chi connectivity index (χ1) is 8.56. The average Bonchev–Trinajstić information content (AvgIpc) is 2.28. The van der Waals surface area contributed by atoms with Crippen molar-refractivity contribution in [1.82, 2.24) is 4.98 Å². The van der Waals surface area contributed by atoms with Gasteiger partial charge in [-0.2, -0.15) is 4.39 Å². The second-order valence-corrected chi connectivity index (χ2v) is 3.75. The van der Waals surface area contributed by atoms with Gasteiger partial charge < -0.3 is 4.74 Å². The van der Waals surface area contributed by atoms with Crippen LogP contribution in [0.1, 0.15) is 0 Å². The van der Waals surface area contributed by atoms with E-state index in [0.717, 1.165) is 12.1 Å². The minimum atomic E-state index is -0.965. The molecule has 0 saturated heterocycles. The molecule has 0 N–H and O–H groups in total. The quantitative estimate of drug-likeness (QED) is 0.630. The minimum Gasteiger partial charge on any atom is -0.456 e. The van der Waals surface area contributed by atoms with Gasteiger partial charge in [-0.3, -0.25) is 15.1 Å². The maximum Gasteiger partial charge on any atom is 0.305 e. The highest BCUT2D eigenvalue weighted by Gasteiger charge is 2.14. The molecule has 2 rings (SSSR count). The van der Waals surface area contributed by atoms with Gasteiger partial charge in [0.1, 0.15) is 11.5 Å². The zero-order valence-corrected chi connectivity index (χ0v) is 9.60. The molecular weight excluding hydrogens is 263 g/mol. The highest BCUT2D eigenvalue weighted by atomic mass is 35.5. The maximum absolute atomic E-state index is 13.3. The lowest BCUT2D eigenvalue weighted by Gasteiger charge is -2.05. The van der Waals surface area contributed by atoms with Crippen molar-refractivity contribution < 1.29 is 14.1 Å². The highest BCUT2D eigenvalue weighted by Crippen LogP contribution is 2.27. The van der Waals surface area contributed by atoms with Crippen LogP contribution >= 0.6 is 11.6 Å². The van der Waals surface area contributed by atoms with E-state index in [1.54, 1.807) is 0 Å². The summed E-state index contributed by atoms with van der Waals surface area (Å²) in [4.78, 5) is 13.4. The van der Waals surface area contributed by atoms with Crippen molar-refractivity contribution in [2.45, 2.75) is 0 Å². The molecule has 18 heavy (non-hydrogen) atoms. The minimum absolute atomic E-state index is 0.127. The number of ether oxygens (including phenoxy) is 1. The number of nitro benzene ring substituents is 1. The molecule has 0 radical (unpaired) electrons. The lowest BCUT2D eigenvalue weighted by Crippen LogP contribution is -1.93. The van der Waals surface area contributed by atoms with Crippen LogP contribution in [0.4, 0.5) is 10.1 Å². The monoisotopic (exact) mass is 268 g/mol. The Balaban J connectivity index is 2.25. The van der Waals surface area contributed by atoms with Gasteiger partial charge in [-0.05, 0) is 6.07 Å². The Kier molecular flexibility index (Phi) is 3.38. The zero-order chi connectivity index (χ0) is 13.1. The lowest BCUT2D eigenvalue weighted by atomic mass is 10.3. The Morgan fingerprint density at radius 3 is 2.67 bits per heavy atom. The van der Waals surface area contributed by atoms with Gasteiger partial charge in [0.2, 0.25) is 5.82 Å². The summed E-state index contributed by atoms with van der Waals surface area (Å²) < 4.78 is 18.6. The topological polar surface area (TPSA) is 65.3 Å². The molecule has 1 aromatic carbocycles. The van der Waals surface area contributed by atoms with Crippen molar-refractivity contribution >= 4 is 17.3 Å². The van der Waals surface area contributed by atoms with E-state index >= 15 is 0 Å². The molecule has 5 nitrogen and oxygen atoms in total. The molecular formula is C11H6ClFN2O3. The summed E-state index contributed by atoms with van der Waals surface area (Å²) in [6.45, 7) is 0. The van der Waals surface area contributed by atoms with Crippen LogP contribution in [-0.4, -0.2) is 9.91 Å². The van der Waals surface area contributed by atoms with E-state index in [2.05, 4.69) is 4.98 Å². The first-order valence-electron chi connectivity index (χ1n) is 4.78. The predicted octanol–water partition coefficient (Wildman–Crippen LogP) is 3.57. The van der Waals surface area contributed by atoms with Gasteiger partial charge in [-0.1, -0.05) is 11.6 Å². The Hall–Kier alpha value is -2.21.